The monoisotopic (exact) mass is 448 g/mol. The molecule has 9 nitrogen and oxygen atoms in total. The van der Waals surface area contributed by atoms with Crippen LogP contribution in [-0.2, 0) is 6.61 Å². The van der Waals surface area contributed by atoms with E-state index in [2.05, 4.69) is 15.8 Å². The van der Waals surface area contributed by atoms with Crippen LogP contribution in [0.15, 0.2) is 65.8 Å². The summed E-state index contributed by atoms with van der Waals surface area (Å²) in [5.41, 5.74) is 5.95. The number of amides is 2. The molecule has 0 saturated carbocycles. The van der Waals surface area contributed by atoms with E-state index in [0.717, 1.165) is 16.7 Å². The van der Waals surface area contributed by atoms with Gasteiger partial charge in [0, 0.05) is 17.3 Å². The number of nitro groups is 1. The molecule has 0 radical (unpaired) electrons. The van der Waals surface area contributed by atoms with Gasteiger partial charge < -0.3 is 14.8 Å². The van der Waals surface area contributed by atoms with Crippen molar-refractivity contribution < 1.29 is 19.2 Å². The molecule has 0 fully saturated rings. The Morgan fingerprint density at radius 3 is 2.52 bits per heavy atom. The van der Waals surface area contributed by atoms with Gasteiger partial charge >= 0.3 is 11.7 Å². The second kappa shape index (κ2) is 10.8. The Morgan fingerprint density at radius 1 is 1.12 bits per heavy atom. The third kappa shape index (κ3) is 6.30. The quantitative estimate of drug-likeness (QED) is 0.287. The normalized spacial score (nSPS) is 10.6. The average molecular weight is 448 g/mol. The number of carbonyl (C=O) groups is 1. The van der Waals surface area contributed by atoms with Gasteiger partial charge in [-0.15, -0.1) is 0 Å². The topological polar surface area (TPSA) is 115 Å². The fourth-order valence-corrected chi connectivity index (χ4v) is 2.98. The molecule has 0 aliphatic carbocycles. The molecule has 3 rings (SSSR count). The Kier molecular flexibility index (Phi) is 7.59. The summed E-state index contributed by atoms with van der Waals surface area (Å²) in [4.78, 5) is 23.2. The number of para-hydroxylation sites is 1. The van der Waals surface area contributed by atoms with Gasteiger partial charge in [0.15, 0.2) is 5.75 Å². The smallest absolute Gasteiger partial charge is 0.339 e. The van der Waals surface area contributed by atoms with Crippen LogP contribution in [0.1, 0.15) is 22.3 Å². The molecule has 0 aliphatic heterocycles. The molecular formula is C24H24N4O5. The van der Waals surface area contributed by atoms with Crippen molar-refractivity contribution in [1.29, 1.82) is 0 Å². The van der Waals surface area contributed by atoms with Gasteiger partial charge in [0.05, 0.1) is 18.2 Å². The first-order valence-corrected chi connectivity index (χ1v) is 10.1. The summed E-state index contributed by atoms with van der Waals surface area (Å²) in [6, 6.07) is 17.3. The van der Waals surface area contributed by atoms with E-state index >= 15 is 0 Å². The van der Waals surface area contributed by atoms with Crippen LogP contribution in [0.3, 0.4) is 0 Å². The molecule has 2 N–H and O–H groups in total. The van der Waals surface area contributed by atoms with Crippen molar-refractivity contribution in [3.63, 3.8) is 0 Å². The SMILES string of the molecule is COc1cc(/C=N\NC(=O)Nc2ccccc2C)cc([N+](=O)[O-])c1OCc1ccc(C)cc1. The van der Waals surface area contributed by atoms with Crippen molar-refractivity contribution in [2.45, 2.75) is 20.5 Å². The number of hydrazone groups is 1. The molecule has 3 aromatic rings. The highest BCUT2D eigenvalue weighted by atomic mass is 16.6. The molecule has 0 aliphatic rings. The van der Waals surface area contributed by atoms with Crippen LogP contribution in [0.2, 0.25) is 0 Å². The summed E-state index contributed by atoms with van der Waals surface area (Å²) in [5, 5.41) is 18.2. The van der Waals surface area contributed by atoms with Gasteiger partial charge in [-0.2, -0.15) is 5.10 Å². The molecule has 0 atom stereocenters. The van der Waals surface area contributed by atoms with Gasteiger partial charge in [0.2, 0.25) is 5.75 Å². The van der Waals surface area contributed by atoms with Crippen molar-refractivity contribution in [1.82, 2.24) is 5.43 Å². The highest BCUT2D eigenvalue weighted by Gasteiger charge is 2.22. The molecule has 2 amide bonds. The molecule has 33 heavy (non-hydrogen) atoms. The molecule has 0 heterocycles. The number of methoxy groups -OCH3 is 1. The summed E-state index contributed by atoms with van der Waals surface area (Å²) in [5.74, 6) is 0.201. The highest BCUT2D eigenvalue weighted by molar-refractivity contribution is 5.91. The number of hydrogen-bond acceptors (Lipinski definition) is 6. The average Bonchev–Trinajstić information content (AvgIpc) is 2.80. The lowest BCUT2D eigenvalue weighted by Gasteiger charge is -2.12. The molecule has 0 saturated heterocycles. The van der Waals surface area contributed by atoms with Crippen LogP contribution in [0.25, 0.3) is 0 Å². The number of benzene rings is 3. The van der Waals surface area contributed by atoms with Crippen molar-refractivity contribution in [2.75, 3.05) is 12.4 Å². The van der Waals surface area contributed by atoms with E-state index in [0.29, 0.717) is 11.3 Å². The first kappa shape index (κ1) is 23.3. The van der Waals surface area contributed by atoms with Crippen molar-refractivity contribution in [2.24, 2.45) is 5.10 Å². The molecule has 0 spiro atoms. The number of nitrogens with one attached hydrogen (secondary N) is 2. The third-order valence-electron chi connectivity index (χ3n) is 4.75. The van der Waals surface area contributed by atoms with Crippen LogP contribution >= 0.6 is 0 Å². The second-order valence-electron chi connectivity index (χ2n) is 7.24. The number of carbonyl (C=O) groups excluding carboxylic acids is 1. The predicted octanol–water partition coefficient (Wildman–Crippen LogP) is 4.95. The lowest BCUT2D eigenvalue weighted by Crippen LogP contribution is -2.24. The maximum Gasteiger partial charge on any atom is 0.339 e. The minimum atomic E-state index is -0.553. The Hall–Kier alpha value is -4.40. The summed E-state index contributed by atoms with van der Waals surface area (Å²) in [6.07, 6.45) is 1.29. The molecule has 0 aromatic heterocycles. The number of urea groups is 1. The lowest BCUT2D eigenvalue weighted by molar-refractivity contribution is -0.386. The molecule has 170 valence electrons. The Balaban J connectivity index is 1.74. The second-order valence-corrected chi connectivity index (χ2v) is 7.24. The zero-order valence-electron chi connectivity index (χ0n) is 18.5. The molecule has 0 unspecified atom stereocenters. The van der Waals surface area contributed by atoms with Crippen LogP contribution in [0.4, 0.5) is 16.2 Å². The minimum absolute atomic E-state index is 0.0190. The summed E-state index contributed by atoms with van der Waals surface area (Å²) in [7, 11) is 1.40. The van der Waals surface area contributed by atoms with Gasteiger partial charge in [-0.1, -0.05) is 48.0 Å². The number of rotatable bonds is 8. The van der Waals surface area contributed by atoms with E-state index in [1.54, 1.807) is 18.2 Å². The number of anilines is 1. The first-order valence-electron chi connectivity index (χ1n) is 10.1. The standard InChI is InChI=1S/C24H24N4O5/c1-16-8-10-18(11-9-16)15-33-23-21(28(30)31)12-19(13-22(23)32-3)14-25-27-24(29)26-20-7-5-4-6-17(20)2/h4-14H,15H2,1-3H3,(H2,26,27,29)/b25-14-. The summed E-state index contributed by atoms with van der Waals surface area (Å²) in [6.45, 7) is 3.98. The Labute approximate surface area is 191 Å². The lowest BCUT2D eigenvalue weighted by atomic mass is 10.1. The largest absolute Gasteiger partial charge is 0.493 e. The predicted molar refractivity (Wildman–Crippen MR) is 126 cm³/mol. The van der Waals surface area contributed by atoms with E-state index < -0.39 is 11.0 Å². The van der Waals surface area contributed by atoms with E-state index in [-0.39, 0.29) is 23.8 Å². The van der Waals surface area contributed by atoms with Gasteiger partial charge in [-0.05, 0) is 37.1 Å². The number of nitrogens with zero attached hydrogens (tertiary/aromatic N) is 2. The first-order chi connectivity index (χ1) is 15.9. The highest BCUT2D eigenvalue weighted by Crippen LogP contribution is 2.38. The molecule has 0 bridgehead atoms. The number of ether oxygens (including phenoxy) is 2. The summed E-state index contributed by atoms with van der Waals surface area (Å²) < 4.78 is 11.0. The number of aryl methyl sites for hydroxylation is 2. The van der Waals surface area contributed by atoms with Crippen LogP contribution < -0.4 is 20.2 Å². The Bertz CT molecular complexity index is 1180. The zero-order chi connectivity index (χ0) is 23.8. The van der Waals surface area contributed by atoms with Crippen molar-refractivity contribution in [3.05, 3.63) is 93.0 Å². The zero-order valence-corrected chi connectivity index (χ0v) is 18.5. The summed E-state index contributed by atoms with van der Waals surface area (Å²) >= 11 is 0. The third-order valence-corrected chi connectivity index (χ3v) is 4.75. The maximum absolute atomic E-state index is 12.1. The number of hydrogen-bond donors (Lipinski definition) is 2. The molecule has 3 aromatic carbocycles. The molecule has 9 heteroatoms. The minimum Gasteiger partial charge on any atom is -0.493 e. The molecular weight excluding hydrogens is 424 g/mol. The van der Waals surface area contributed by atoms with Crippen LogP contribution in [-0.4, -0.2) is 24.3 Å². The van der Waals surface area contributed by atoms with Gasteiger partial charge in [-0.3, -0.25) is 10.1 Å². The van der Waals surface area contributed by atoms with E-state index in [4.69, 9.17) is 9.47 Å². The van der Waals surface area contributed by atoms with E-state index in [9.17, 15) is 14.9 Å². The fourth-order valence-electron chi connectivity index (χ4n) is 2.98. The van der Waals surface area contributed by atoms with Crippen molar-refractivity contribution >= 4 is 23.6 Å². The van der Waals surface area contributed by atoms with Crippen molar-refractivity contribution in [3.8, 4) is 11.5 Å². The van der Waals surface area contributed by atoms with Gasteiger partial charge in [-0.25, -0.2) is 10.2 Å². The van der Waals surface area contributed by atoms with Gasteiger partial charge in [0.25, 0.3) is 0 Å². The Morgan fingerprint density at radius 2 is 1.85 bits per heavy atom. The van der Waals surface area contributed by atoms with Gasteiger partial charge in [0.1, 0.15) is 6.61 Å². The fraction of sp³-hybridized carbons (Fsp3) is 0.167. The number of nitro benzene ring substituents is 1. The maximum atomic E-state index is 12.1. The van der Waals surface area contributed by atoms with Crippen LogP contribution in [0.5, 0.6) is 11.5 Å². The van der Waals surface area contributed by atoms with Crippen LogP contribution in [0, 0.1) is 24.0 Å². The van der Waals surface area contributed by atoms with E-state index in [1.807, 2.05) is 50.2 Å². The van der Waals surface area contributed by atoms with E-state index in [1.165, 1.54) is 19.4 Å².